The van der Waals surface area contributed by atoms with Crippen LogP contribution >= 0.6 is 0 Å². The lowest BCUT2D eigenvalue weighted by molar-refractivity contribution is -0.140. The highest BCUT2D eigenvalue weighted by Crippen LogP contribution is 2.08. The molecule has 0 aliphatic rings. The first-order valence-electron chi connectivity index (χ1n) is 4.28. The molecule has 1 aromatic carbocycles. The minimum Gasteiger partial charge on any atom is -0.469 e. The van der Waals surface area contributed by atoms with Gasteiger partial charge in [0.2, 0.25) is 0 Å². The molecule has 1 rings (SSSR count). The molecule has 14 heavy (non-hydrogen) atoms. The summed E-state index contributed by atoms with van der Waals surface area (Å²) in [7, 11) is 1.34. The second-order valence-electron chi connectivity index (χ2n) is 2.76. The van der Waals surface area contributed by atoms with Crippen LogP contribution in [0.4, 0.5) is 10.1 Å². The van der Waals surface area contributed by atoms with Crippen LogP contribution < -0.4 is 5.32 Å². The van der Waals surface area contributed by atoms with Crippen molar-refractivity contribution in [1.29, 1.82) is 0 Å². The SMILES string of the molecule is COC(=O)CCNc1cccc(F)c1. The number of ether oxygens (including phenoxy) is 1. The first-order chi connectivity index (χ1) is 6.72. The summed E-state index contributed by atoms with van der Waals surface area (Å²) in [6.45, 7) is 0.441. The number of carbonyl (C=O) groups excluding carboxylic acids is 1. The van der Waals surface area contributed by atoms with E-state index in [-0.39, 0.29) is 18.2 Å². The molecule has 76 valence electrons. The number of halogens is 1. The number of hydrogen-bond donors (Lipinski definition) is 1. The summed E-state index contributed by atoms with van der Waals surface area (Å²) in [5, 5.41) is 2.91. The fourth-order valence-electron chi connectivity index (χ4n) is 1.01. The van der Waals surface area contributed by atoms with Gasteiger partial charge in [0.05, 0.1) is 13.5 Å². The van der Waals surface area contributed by atoms with E-state index in [0.29, 0.717) is 12.2 Å². The summed E-state index contributed by atoms with van der Waals surface area (Å²) in [6, 6.07) is 6.08. The van der Waals surface area contributed by atoms with Crippen LogP contribution in [0.1, 0.15) is 6.42 Å². The molecule has 0 saturated heterocycles. The minimum atomic E-state index is -0.298. The van der Waals surface area contributed by atoms with Gasteiger partial charge in [-0.05, 0) is 18.2 Å². The maximum atomic E-state index is 12.7. The highest BCUT2D eigenvalue weighted by atomic mass is 19.1. The Labute approximate surface area is 81.9 Å². The van der Waals surface area contributed by atoms with Gasteiger partial charge in [-0.3, -0.25) is 4.79 Å². The molecule has 0 amide bonds. The Hall–Kier alpha value is -1.58. The predicted octanol–water partition coefficient (Wildman–Crippen LogP) is 1.80. The van der Waals surface area contributed by atoms with Gasteiger partial charge in [0.15, 0.2) is 0 Å². The standard InChI is InChI=1S/C10H12FNO2/c1-14-10(13)5-6-12-9-4-2-3-8(11)7-9/h2-4,7,12H,5-6H2,1H3. The van der Waals surface area contributed by atoms with E-state index >= 15 is 0 Å². The molecule has 4 heteroatoms. The van der Waals surface area contributed by atoms with Gasteiger partial charge >= 0.3 is 5.97 Å². The topological polar surface area (TPSA) is 38.3 Å². The Morgan fingerprint density at radius 3 is 3.00 bits per heavy atom. The average Bonchev–Trinajstić information content (AvgIpc) is 2.17. The van der Waals surface area contributed by atoms with Crippen molar-refractivity contribution >= 4 is 11.7 Å². The number of anilines is 1. The zero-order valence-corrected chi connectivity index (χ0v) is 7.92. The number of benzene rings is 1. The van der Waals surface area contributed by atoms with Crippen LogP contribution in [0, 0.1) is 5.82 Å². The van der Waals surface area contributed by atoms with Crippen molar-refractivity contribution in [2.45, 2.75) is 6.42 Å². The third-order valence-corrected chi connectivity index (χ3v) is 1.71. The Balaban J connectivity index is 2.35. The van der Waals surface area contributed by atoms with Crippen molar-refractivity contribution in [1.82, 2.24) is 0 Å². The van der Waals surface area contributed by atoms with E-state index in [4.69, 9.17) is 0 Å². The van der Waals surface area contributed by atoms with Gasteiger partial charge in [0.25, 0.3) is 0 Å². The molecule has 0 aliphatic carbocycles. The normalized spacial score (nSPS) is 9.57. The van der Waals surface area contributed by atoms with Crippen LogP contribution in [-0.2, 0) is 9.53 Å². The Morgan fingerprint density at radius 1 is 1.57 bits per heavy atom. The quantitative estimate of drug-likeness (QED) is 0.748. The second-order valence-corrected chi connectivity index (χ2v) is 2.76. The van der Waals surface area contributed by atoms with Crippen LogP contribution in [0.15, 0.2) is 24.3 Å². The maximum Gasteiger partial charge on any atom is 0.307 e. The van der Waals surface area contributed by atoms with Crippen molar-refractivity contribution in [3.05, 3.63) is 30.1 Å². The van der Waals surface area contributed by atoms with E-state index in [2.05, 4.69) is 10.1 Å². The molecule has 0 aliphatic heterocycles. The number of carbonyl (C=O) groups is 1. The number of esters is 1. The summed E-state index contributed by atoms with van der Waals surface area (Å²) in [4.78, 5) is 10.7. The van der Waals surface area contributed by atoms with Crippen molar-refractivity contribution in [3.8, 4) is 0 Å². The molecule has 0 bridgehead atoms. The molecule has 0 heterocycles. The Kier molecular flexibility index (Phi) is 3.91. The molecule has 0 aromatic heterocycles. The fourth-order valence-corrected chi connectivity index (χ4v) is 1.01. The summed E-state index contributed by atoms with van der Waals surface area (Å²) >= 11 is 0. The molecule has 0 spiro atoms. The highest BCUT2D eigenvalue weighted by molar-refractivity contribution is 5.69. The summed E-state index contributed by atoms with van der Waals surface area (Å²) < 4.78 is 17.1. The van der Waals surface area contributed by atoms with E-state index in [9.17, 15) is 9.18 Å². The number of methoxy groups -OCH3 is 1. The van der Waals surface area contributed by atoms with Crippen molar-refractivity contribution in [2.75, 3.05) is 19.0 Å². The summed E-state index contributed by atoms with van der Waals surface area (Å²) in [5.74, 6) is -0.582. The molecular weight excluding hydrogens is 185 g/mol. The molecule has 3 nitrogen and oxygen atoms in total. The fraction of sp³-hybridized carbons (Fsp3) is 0.300. The lowest BCUT2D eigenvalue weighted by Crippen LogP contribution is -2.09. The first kappa shape index (κ1) is 10.5. The smallest absolute Gasteiger partial charge is 0.307 e. The molecular formula is C10H12FNO2. The monoisotopic (exact) mass is 197 g/mol. The Morgan fingerprint density at radius 2 is 2.36 bits per heavy atom. The van der Waals surface area contributed by atoms with E-state index in [0.717, 1.165) is 0 Å². The predicted molar refractivity (Wildman–Crippen MR) is 51.5 cm³/mol. The van der Waals surface area contributed by atoms with Crippen LogP contribution in [0.2, 0.25) is 0 Å². The van der Waals surface area contributed by atoms with E-state index in [1.165, 1.54) is 19.2 Å². The van der Waals surface area contributed by atoms with Gasteiger partial charge < -0.3 is 10.1 Å². The molecule has 0 atom stereocenters. The number of hydrogen-bond acceptors (Lipinski definition) is 3. The van der Waals surface area contributed by atoms with Crippen molar-refractivity contribution < 1.29 is 13.9 Å². The van der Waals surface area contributed by atoms with Gasteiger partial charge in [-0.1, -0.05) is 6.07 Å². The summed E-state index contributed by atoms with van der Waals surface area (Å²) in [5.41, 5.74) is 0.661. The first-order valence-corrected chi connectivity index (χ1v) is 4.28. The summed E-state index contributed by atoms with van der Waals surface area (Å²) in [6.07, 6.45) is 0.271. The lowest BCUT2D eigenvalue weighted by Gasteiger charge is -2.04. The van der Waals surface area contributed by atoms with Crippen molar-refractivity contribution in [2.24, 2.45) is 0 Å². The zero-order valence-electron chi connectivity index (χ0n) is 7.92. The molecule has 1 aromatic rings. The molecule has 0 radical (unpaired) electrons. The van der Waals surface area contributed by atoms with Gasteiger partial charge in [0, 0.05) is 12.2 Å². The van der Waals surface area contributed by atoms with Gasteiger partial charge in [0.1, 0.15) is 5.82 Å². The second kappa shape index (κ2) is 5.21. The van der Waals surface area contributed by atoms with E-state index in [1.54, 1.807) is 12.1 Å². The molecule has 0 unspecified atom stereocenters. The van der Waals surface area contributed by atoms with Gasteiger partial charge in [-0.15, -0.1) is 0 Å². The number of nitrogens with one attached hydrogen (secondary N) is 1. The minimum absolute atomic E-state index is 0.271. The highest BCUT2D eigenvalue weighted by Gasteiger charge is 1.99. The third kappa shape index (κ3) is 3.43. The van der Waals surface area contributed by atoms with E-state index < -0.39 is 0 Å². The average molecular weight is 197 g/mol. The number of rotatable bonds is 4. The lowest BCUT2D eigenvalue weighted by atomic mass is 10.3. The van der Waals surface area contributed by atoms with Crippen molar-refractivity contribution in [3.63, 3.8) is 0 Å². The molecule has 0 fully saturated rings. The molecule has 1 N–H and O–H groups in total. The van der Waals surface area contributed by atoms with Gasteiger partial charge in [-0.2, -0.15) is 0 Å². The van der Waals surface area contributed by atoms with Gasteiger partial charge in [-0.25, -0.2) is 4.39 Å². The zero-order chi connectivity index (χ0) is 10.4. The van der Waals surface area contributed by atoms with Crippen LogP contribution in [0.5, 0.6) is 0 Å². The van der Waals surface area contributed by atoms with E-state index in [1.807, 2.05) is 0 Å². The van der Waals surface area contributed by atoms with Crippen LogP contribution in [0.25, 0.3) is 0 Å². The molecule has 0 saturated carbocycles. The maximum absolute atomic E-state index is 12.7. The Bertz CT molecular complexity index is 315. The largest absolute Gasteiger partial charge is 0.469 e. The third-order valence-electron chi connectivity index (χ3n) is 1.71. The van der Waals surface area contributed by atoms with Crippen LogP contribution in [0.3, 0.4) is 0 Å². The van der Waals surface area contributed by atoms with Crippen LogP contribution in [-0.4, -0.2) is 19.6 Å².